The van der Waals surface area contributed by atoms with E-state index in [1.165, 1.54) is 12.0 Å². The maximum Gasteiger partial charge on any atom is 0.220 e. The zero-order valence-corrected chi connectivity index (χ0v) is 15.4. The van der Waals surface area contributed by atoms with Crippen LogP contribution in [0.2, 0.25) is 0 Å². The molecule has 2 N–H and O–H groups in total. The van der Waals surface area contributed by atoms with Gasteiger partial charge in [0.2, 0.25) is 5.91 Å². The molecule has 6 rings (SSSR count). The van der Waals surface area contributed by atoms with Gasteiger partial charge in [0.25, 0.3) is 0 Å². The van der Waals surface area contributed by atoms with Gasteiger partial charge in [-0.25, -0.2) is 0 Å². The first kappa shape index (κ1) is 16.6. The van der Waals surface area contributed by atoms with Gasteiger partial charge in [-0.1, -0.05) is 18.2 Å². The Morgan fingerprint density at radius 1 is 1.19 bits per heavy atom. The summed E-state index contributed by atoms with van der Waals surface area (Å²) in [5.41, 5.74) is 0.820. The van der Waals surface area contributed by atoms with E-state index in [9.17, 15) is 9.90 Å². The van der Waals surface area contributed by atoms with Gasteiger partial charge in [-0.15, -0.1) is 0 Å². The van der Waals surface area contributed by atoms with Crippen molar-refractivity contribution in [2.75, 3.05) is 6.54 Å². The van der Waals surface area contributed by atoms with E-state index in [-0.39, 0.29) is 17.4 Å². The minimum Gasteiger partial charge on any atom is -0.488 e. The van der Waals surface area contributed by atoms with Crippen molar-refractivity contribution in [1.29, 1.82) is 0 Å². The number of hydrogen-bond acceptors (Lipinski definition) is 3. The predicted octanol–water partition coefficient (Wildman–Crippen LogP) is 3.22. The van der Waals surface area contributed by atoms with Gasteiger partial charge in [0.05, 0.1) is 12.1 Å². The molecule has 1 amide bonds. The monoisotopic (exact) mass is 355 g/mol. The highest BCUT2D eigenvalue weighted by molar-refractivity contribution is 5.76. The van der Waals surface area contributed by atoms with Crippen LogP contribution < -0.4 is 10.1 Å². The van der Waals surface area contributed by atoms with Crippen molar-refractivity contribution < 1.29 is 14.6 Å². The van der Waals surface area contributed by atoms with Gasteiger partial charge in [-0.05, 0) is 80.2 Å². The van der Waals surface area contributed by atoms with E-state index in [0.29, 0.717) is 24.8 Å². The van der Waals surface area contributed by atoms with E-state index in [0.717, 1.165) is 50.7 Å². The maximum absolute atomic E-state index is 12.7. The molecular formula is C22H29NO3. The summed E-state index contributed by atoms with van der Waals surface area (Å²) in [6.45, 7) is 0.584. The number of carbonyl (C=O) groups is 1. The molecule has 5 aliphatic rings. The third kappa shape index (κ3) is 3.02. The van der Waals surface area contributed by atoms with Gasteiger partial charge in [-0.2, -0.15) is 0 Å². The van der Waals surface area contributed by atoms with Crippen molar-refractivity contribution in [3.05, 3.63) is 29.8 Å². The second-order valence-corrected chi connectivity index (χ2v) is 9.55. The van der Waals surface area contributed by atoms with Crippen LogP contribution in [0.1, 0.15) is 56.9 Å². The molecule has 4 aliphatic carbocycles. The number of rotatable bonds is 4. The highest BCUT2D eigenvalue weighted by Crippen LogP contribution is 2.62. The summed E-state index contributed by atoms with van der Waals surface area (Å²) in [4.78, 5) is 12.7. The summed E-state index contributed by atoms with van der Waals surface area (Å²) in [5.74, 6) is 2.36. The Balaban J connectivity index is 1.17. The molecule has 4 nitrogen and oxygen atoms in total. The van der Waals surface area contributed by atoms with Crippen LogP contribution in [-0.2, 0) is 11.2 Å². The lowest BCUT2D eigenvalue weighted by molar-refractivity contribution is -0.169. The molecule has 1 heterocycles. The van der Waals surface area contributed by atoms with Crippen molar-refractivity contribution in [1.82, 2.24) is 5.32 Å². The molecule has 4 bridgehead atoms. The lowest BCUT2D eigenvalue weighted by Gasteiger charge is -2.60. The number of ether oxygens (including phenoxy) is 1. The topological polar surface area (TPSA) is 58.6 Å². The highest BCUT2D eigenvalue weighted by atomic mass is 16.5. The number of benzene rings is 1. The van der Waals surface area contributed by atoms with E-state index in [4.69, 9.17) is 4.74 Å². The number of para-hydroxylation sites is 1. The lowest BCUT2D eigenvalue weighted by atomic mass is 9.47. The second-order valence-electron chi connectivity index (χ2n) is 9.55. The van der Waals surface area contributed by atoms with Gasteiger partial charge in [0.1, 0.15) is 11.9 Å². The SMILES string of the molecule is O=C(CC12CC3CC(CC(O)(C3)C1)C2)NC[C@H]1CCc2ccccc2O1. The number of amides is 1. The molecule has 4 saturated carbocycles. The molecular weight excluding hydrogens is 326 g/mol. The van der Waals surface area contributed by atoms with E-state index in [2.05, 4.69) is 11.4 Å². The number of hydrogen-bond donors (Lipinski definition) is 2. The van der Waals surface area contributed by atoms with Gasteiger partial charge in [-0.3, -0.25) is 4.79 Å². The van der Waals surface area contributed by atoms with Crippen LogP contribution in [0.3, 0.4) is 0 Å². The number of fused-ring (bicyclic) bond motifs is 1. The van der Waals surface area contributed by atoms with Crippen LogP contribution in [0.5, 0.6) is 5.75 Å². The van der Waals surface area contributed by atoms with Crippen molar-refractivity contribution in [2.45, 2.75) is 69.5 Å². The van der Waals surface area contributed by atoms with Crippen LogP contribution in [0.15, 0.2) is 24.3 Å². The lowest BCUT2D eigenvalue weighted by Crippen LogP contribution is -2.56. The molecule has 1 aromatic carbocycles. The molecule has 0 radical (unpaired) electrons. The van der Waals surface area contributed by atoms with Crippen LogP contribution in [0.25, 0.3) is 0 Å². The summed E-state index contributed by atoms with van der Waals surface area (Å²) in [6, 6.07) is 8.17. The third-order valence-electron chi connectivity index (χ3n) is 7.22. The van der Waals surface area contributed by atoms with Crippen LogP contribution in [0.4, 0.5) is 0 Å². The number of carbonyl (C=O) groups excluding carboxylic acids is 1. The molecule has 3 atom stereocenters. The zero-order valence-electron chi connectivity index (χ0n) is 15.4. The van der Waals surface area contributed by atoms with Crippen molar-refractivity contribution in [2.24, 2.45) is 17.3 Å². The fraction of sp³-hybridized carbons (Fsp3) is 0.682. The summed E-state index contributed by atoms with van der Waals surface area (Å²) in [7, 11) is 0. The molecule has 1 aliphatic heterocycles. The molecule has 1 aromatic rings. The van der Waals surface area contributed by atoms with E-state index in [1.807, 2.05) is 18.2 Å². The summed E-state index contributed by atoms with van der Waals surface area (Å²) in [6.07, 6.45) is 8.88. The van der Waals surface area contributed by atoms with Crippen LogP contribution in [-0.4, -0.2) is 29.3 Å². The molecule has 26 heavy (non-hydrogen) atoms. The average molecular weight is 355 g/mol. The summed E-state index contributed by atoms with van der Waals surface area (Å²) >= 11 is 0. The standard InChI is InChI=1S/C22H29NO3/c24-20(23-13-18-6-5-17-3-1-2-4-19(17)26-18)12-21-8-15-7-16(9-21)11-22(25,10-15)14-21/h1-4,15-16,18,25H,5-14H2,(H,23,24)/t15?,16?,18-,21?,22?/m1/s1. The summed E-state index contributed by atoms with van der Waals surface area (Å²) < 4.78 is 6.04. The molecule has 0 spiro atoms. The van der Waals surface area contributed by atoms with Crippen molar-refractivity contribution in [3.8, 4) is 5.75 Å². The second kappa shape index (κ2) is 5.98. The van der Waals surface area contributed by atoms with E-state index >= 15 is 0 Å². The smallest absolute Gasteiger partial charge is 0.220 e. The molecule has 140 valence electrons. The van der Waals surface area contributed by atoms with Crippen LogP contribution >= 0.6 is 0 Å². The van der Waals surface area contributed by atoms with Gasteiger partial charge in [0.15, 0.2) is 0 Å². The highest BCUT2D eigenvalue weighted by Gasteiger charge is 2.57. The molecule has 2 unspecified atom stereocenters. The Bertz CT molecular complexity index is 701. The largest absolute Gasteiger partial charge is 0.488 e. The third-order valence-corrected chi connectivity index (χ3v) is 7.22. The zero-order chi connectivity index (χ0) is 17.8. The van der Waals surface area contributed by atoms with Gasteiger partial charge < -0.3 is 15.2 Å². The quantitative estimate of drug-likeness (QED) is 0.872. The Labute approximate surface area is 155 Å². The predicted molar refractivity (Wildman–Crippen MR) is 98.9 cm³/mol. The van der Waals surface area contributed by atoms with Crippen LogP contribution in [0, 0.1) is 17.3 Å². The Morgan fingerprint density at radius 2 is 1.96 bits per heavy atom. The fourth-order valence-electron chi connectivity index (χ4n) is 6.76. The van der Waals surface area contributed by atoms with E-state index in [1.54, 1.807) is 0 Å². The molecule has 4 heteroatoms. The number of aliphatic hydroxyl groups is 1. The van der Waals surface area contributed by atoms with Crippen molar-refractivity contribution >= 4 is 5.91 Å². The first-order valence-electron chi connectivity index (χ1n) is 10.2. The van der Waals surface area contributed by atoms with Crippen molar-refractivity contribution in [3.63, 3.8) is 0 Å². The summed E-state index contributed by atoms with van der Waals surface area (Å²) in [5, 5.41) is 14.0. The minimum atomic E-state index is -0.486. The fourth-order valence-corrected chi connectivity index (χ4v) is 6.76. The molecule has 4 fully saturated rings. The van der Waals surface area contributed by atoms with Gasteiger partial charge >= 0.3 is 0 Å². The Kier molecular flexibility index (Phi) is 3.82. The average Bonchev–Trinajstić information content (AvgIpc) is 2.57. The van der Waals surface area contributed by atoms with Gasteiger partial charge in [0, 0.05) is 6.42 Å². The first-order valence-corrected chi connectivity index (χ1v) is 10.2. The maximum atomic E-state index is 12.7. The first-order chi connectivity index (χ1) is 12.5. The normalized spacial score (nSPS) is 40.0. The molecule has 0 saturated heterocycles. The molecule has 0 aromatic heterocycles. The minimum absolute atomic E-state index is 0.0446. The number of nitrogens with one attached hydrogen (secondary N) is 1. The Morgan fingerprint density at radius 3 is 2.73 bits per heavy atom. The van der Waals surface area contributed by atoms with E-state index < -0.39 is 5.60 Å². The Hall–Kier alpha value is -1.55. The number of aryl methyl sites for hydroxylation is 1.